The van der Waals surface area contributed by atoms with Crippen LogP contribution in [0.2, 0.25) is 0 Å². The summed E-state index contributed by atoms with van der Waals surface area (Å²) in [4.78, 5) is 14.1. The molecule has 0 aliphatic carbocycles. The van der Waals surface area contributed by atoms with Crippen molar-refractivity contribution in [2.45, 2.75) is 59.1 Å². The van der Waals surface area contributed by atoms with Crippen LogP contribution < -0.4 is 9.03 Å². The molecule has 1 aromatic heterocycles. The summed E-state index contributed by atoms with van der Waals surface area (Å²) in [5, 5.41) is 3.86. The third-order valence-corrected chi connectivity index (χ3v) is 5.54. The van der Waals surface area contributed by atoms with Crippen molar-refractivity contribution in [2.24, 2.45) is 0 Å². The molecule has 0 spiro atoms. The lowest BCUT2D eigenvalue weighted by molar-refractivity contribution is 0.0570. The number of rotatable bonds is 4. The Balaban J connectivity index is 2.36. The molecule has 0 radical (unpaired) electrons. The number of likely N-dealkylation sites (tertiary alicyclic amines) is 1. The van der Waals surface area contributed by atoms with Crippen LogP contribution >= 0.6 is 0 Å². The number of piperidine rings is 1. The van der Waals surface area contributed by atoms with E-state index in [2.05, 4.69) is 5.16 Å². The van der Waals surface area contributed by atoms with Crippen molar-refractivity contribution < 1.29 is 22.5 Å². The number of nitrogens with one attached hydrogen (secondary N) is 1. The Morgan fingerprint density at radius 3 is 2.54 bits per heavy atom. The minimum Gasteiger partial charge on any atom is -0.443 e. The molecule has 148 valence electrons. The van der Waals surface area contributed by atoms with E-state index < -0.39 is 21.9 Å². The summed E-state index contributed by atoms with van der Waals surface area (Å²) in [7, 11) is -2.30. The quantitative estimate of drug-likeness (QED) is 0.840. The Hall–Kier alpha value is -1.81. The molecule has 1 atom stereocenters. The zero-order valence-electron chi connectivity index (χ0n) is 16.2. The summed E-state index contributed by atoms with van der Waals surface area (Å²) in [5.74, 6) is 0.124. The van der Waals surface area contributed by atoms with Crippen molar-refractivity contribution in [3.63, 3.8) is 0 Å². The molecule has 1 aliphatic heterocycles. The largest absolute Gasteiger partial charge is 0.443 e. The molecule has 1 aromatic rings. The highest BCUT2D eigenvalue weighted by Crippen LogP contribution is 2.30. The van der Waals surface area contributed by atoms with Gasteiger partial charge in [0.25, 0.3) is 0 Å². The maximum Gasteiger partial charge on any atom is 0.422 e. The second-order valence-corrected chi connectivity index (χ2v) is 9.21. The van der Waals surface area contributed by atoms with E-state index in [1.54, 1.807) is 34.6 Å². The summed E-state index contributed by atoms with van der Waals surface area (Å²) >= 11 is 0. The highest BCUT2D eigenvalue weighted by molar-refractivity contribution is 7.91. The monoisotopic (exact) mass is 388 g/mol. The lowest BCUT2D eigenvalue weighted by Crippen LogP contribution is -2.54. The first-order valence-corrected chi connectivity index (χ1v) is 10.0. The minimum atomic E-state index is -4.23. The maximum atomic E-state index is 13.0. The normalized spacial score (nSPS) is 19.2. The number of carbonyl (C=O) groups excluding carboxylic acids is 1. The van der Waals surface area contributed by atoms with E-state index in [4.69, 9.17) is 9.26 Å². The highest BCUT2D eigenvalue weighted by atomic mass is 32.2. The van der Waals surface area contributed by atoms with Gasteiger partial charge in [-0.15, -0.1) is 0 Å². The summed E-state index contributed by atoms with van der Waals surface area (Å²) < 4.78 is 39.5. The van der Waals surface area contributed by atoms with Crippen LogP contribution in [0.1, 0.15) is 44.9 Å². The molecule has 1 N–H and O–H groups in total. The van der Waals surface area contributed by atoms with Crippen molar-refractivity contribution in [3.8, 4) is 0 Å². The number of ether oxygens (including phenoxy) is 1. The summed E-state index contributed by atoms with van der Waals surface area (Å²) in [6.45, 7) is 9.88. The zero-order valence-corrected chi connectivity index (χ0v) is 17.0. The number of likely N-dealkylation sites (N-methyl/N-ethyl adjacent to an activating group) is 1. The maximum absolute atomic E-state index is 13.0. The Morgan fingerprint density at radius 1 is 1.38 bits per heavy atom. The van der Waals surface area contributed by atoms with Crippen molar-refractivity contribution in [3.05, 3.63) is 11.3 Å². The first-order chi connectivity index (χ1) is 11.9. The lowest BCUT2D eigenvalue weighted by Gasteiger charge is -2.36. The average Bonchev–Trinajstić information content (AvgIpc) is 2.77. The number of amides is 1. The van der Waals surface area contributed by atoms with Crippen LogP contribution in [0.3, 0.4) is 0 Å². The van der Waals surface area contributed by atoms with E-state index >= 15 is 0 Å². The van der Waals surface area contributed by atoms with Crippen molar-refractivity contribution in [1.82, 2.24) is 14.8 Å². The Morgan fingerprint density at radius 2 is 2.04 bits per heavy atom. The summed E-state index contributed by atoms with van der Waals surface area (Å²) in [5.41, 5.74) is 0.406. The lowest BCUT2D eigenvalue weighted by atomic mass is 10.1. The molecule has 2 rings (SSSR count). The number of anilines is 1. The fourth-order valence-electron chi connectivity index (χ4n) is 2.86. The molecule has 26 heavy (non-hydrogen) atoms. The van der Waals surface area contributed by atoms with Crippen molar-refractivity contribution >= 4 is 22.2 Å². The molecular formula is C16H28N4O5S. The summed E-state index contributed by atoms with van der Waals surface area (Å²) in [6, 6.07) is -0.375. The van der Waals surface area contributed by atoms with Gasteiger partial charge in [0.05, 0.1) is 11.7 Å². The van der Waals surface area contributed by atoms with Gasteiger partial charge in [0, 0.05) is 12.1 Å². The van der Waals surface area contributed by atoms with Gasteiger partial charge in [-0.25, -0.2) is 13.8 Å². The Kier molecular flexibility index (Phi) is 5.86. The predicted molar refractivity (Wildman–Crippen MR) is 97.3 cm³/mol. The molecule has 9 nitrogen and oxygen atoms in total. The first-order valence-electron chi connectivity index (χ1n) is 8.57. The second-order valence-electron chi connectivity index (χ2n) is 7.66. The zero-order chi connectivity index (χ0) is 19.7. The van der Waals surface area contributed by atoms with Gasteiger partial charge in [0.2, 0.25) is 5.88 Å². The van der Waals surface area contributed by atoms with Gasteiger partial charge >= 0.3 is 16.3 Å². The van der Waals surface area contributed by atoms with Crippen LogP contribution in [0.5, 0.6) is 0 Å². The third kappa shape index (κ3) is 4.88. The number of aryl methyl sites for hydroxylation is 1. The van der Waals surface area contributed by atoms with Crippen LogP contribution in [0.4, 0.5) is 10.7 Å². The van der Waals surface area contributed by atoms with E-state index in [1.807, 2.05) is 16.7 Å². The van der Waals surface area contributed by atoms with Crippen molar-refractivity contribution in [1.29, 1.82) is 0 Å². The van der Waals surface area contributed by atoms with Gasteiger partial charge in [-0.3, -0.25) is 0 Å². The van der Waals surface area contributed by atoms with E-state index in [9.17, 15) is 13.2 Å². The predicted octanol–water partition coefficient (Wildman–Crippen LogP) is 1.96. The average molecular weight is 388 g/mol. The number of carbonyl (C=O) groups is 1. The van der Waals surface area contributed by atoms with Gasteiger partial charge in [-0.05, 0) is 61.1 Å². The van der Waals surface area contributed by atoms with E-state index in [0.29, 0.717) is 24.2 Å². The number of hydrogen-bond donors (Lipinski definition) is 1. The minimum absolute atomic E-state index is 0.124. The molecule has 1 unspecified atom stereocenters. The SMILES string of the molecule is Cc1noc(N(C2CCCN(C)C2)S(=O)(=O)NC(=O)OC(C)(C)C)c1C. The van der Waals surface area contributed by atoms with Gasteiger partial charge in [0.1, 0.15) is 5.60 Å². The van der Waals surface area contributed by atoms with Crippen LogP contribution in [0, 0.1) is 13.8 Å². The number of aromatic nitrogens is 1. The number of nitrogens with zero attached hydrogens (tertiary/aromatic N) is 3. The fourth-order valence-corrected chi connectivity index (χ4v) is 4.17. The standard InChI is InChI=1S/C16H28N4O5S/c1-11-12(2)17-25-14(11)20(13-8-7-9-19(6)10-13)26(22,23)18-15(21)24-16(3,4)5/h13H,7-10H2,1-6H3,(H,18,21). The van der Waals surface area contributed by atoms with Gasteiger partial charge < -0.3 is 14.2 Å². The van der Waals surface area contributed by atoms with E-state index in [-0.39, 0.29) is 11.9 Å². The molecule has 1 aliphatic rings. The van der Waals surface area contributed by atoms with E-state index in [0.717, 1.165) is 17.3 Å². The molecule has 1 fully saturated rings. The molecule has 10 heteroatoms. The van der Waals surface area contributed by atoms with Crippen LogP contribution in [-0.2, 0) is 14.9 Å². The van der Waals surface area contributed by atoms with Crippen LogP contribution in [-0.4, -0.2) is 56.3 Å². The third-order valence-electron chi connectivity index (χ3n) is 4.13. The van der Waals surface area contributed by atoms with Gasteiger partial charge in [0.15, 0.2) is 0 Å². The molecule has 0 saturated carbocycles. The van der Waals surface area contributed by atoms with Gasteiger partial charge in [-0.1, -0.05) is 5.16 Å². The molecule has 1 saturated heterocycles. The molecule has 1 amide bonds. The molecule has 0 aromatic carbocycles. The second kappa shape index (κ2) is 7.43. The van der Waals surface area contributed by atoms with Crippen molar-refractivity contribution in [2.75, 3.05) is 24.4 Å². The topological polar surface area (TPSA) is 105 Å². The van der Waals surface area contributed by atoms with E-state index in [1.165, 1.54) is 0 Å². The fraction of sp³-hybridized carbons (Fsp3) is 0.750. The van der Waals surface area contributed by atoms with Crippen LogP contribution in [0.25, 0.3) is 0 Å². The molecular weight excluding hydrogens is 360 g/mol. The number of hydrogen-bond acceptors (Lipinski definition) is 7. The summed E-state index contributed by atoms with van der Waals surface area (Å²) in [6.07, 6.45) is 0.463. The first kappa shape index (κ1) is 20.5. The molecule has 2 heterocycles. The van der Waals surface area contributed by atoms with Gasteiger partial charge in [-0.2, -0.15) is 8.42 Å². The molecule has 0 bridgehead atoms. The smallest absolute Gasteiger partial charge is 0.422 e. The van der Waals surface area contributed by atoms with Crippen LogP contribution in [0.15, 0.2) is 4.52 Å². The Bertz CT molecular complexity index is 753. The highest BCUT2D eigenvalue weighted by Gasteiger charge is 2.38. The Labute approximate surface area is 154 Å².